The number of carbonyl (C=O) groups is 1. The number of carboxylic acid groups (broad SMARTS) is 1. The largest absolute Gasteiger partial charge is 0.478 e. The van der Waals surface area contributed by atoms with Crippen molar-refractivity contribution in [2.24, 2.45) is 5.92 Å². The minimum Gasteiger partial charge on any atom is -0.478 e. The van der Waals surface area contributed by atoms with E-state index in [1.807, 2.05) is 105 Å². The van der Waals surface area contributed by atoms with Gasteiger partial charge in [-0.25, -0.2) is 9.78 Å². The molecule has 6 aromatic rings. The van der Waals surface area contributed by atoms with Crippen LogP contribution in [0.5, 0.6) is 0 Å². The normalized spacial score (nSPS) is 13.2. The van der Waals surface area contributed by atoms with Crippen molar-refractivity contribution >= 4 is 16.7 Å². The molecule has 0 spiro atoms. The number of hydrogen-bond acceptors (Lipinski definition) is 3. The van der Waals surface area contributed by atoms with Crippen LogP contribution in [0.3, 0.4) is 0 Å². The van der Waals surface area contributed by atoms with Crippen molar-refractivity contribution in [3.8, 4) is 0 Å². The number of benzene rings is 5. The molecule has 0 aliphatic heterocycles. The highest BCUT2D eigenvalue weighted by molar-refractivity contribution is 5.96. The summed E-state index contributed by atoms with van der Waals surface area (Å²) < 4.78 is 2.11. The number of rotatable bonds is 8. The van der Waals surface area contributed by atoms with Gasteiger partial charge in [-0.2, -0.15) is 0 Å². The van der Waals surface area contributed by atoms with Crippen molar-refractivity contribution in [3.05, 3.63) is 173 Å². The number of aliphatic hydroxyl groups is 1. The number of aryl methyl sites for hydroxylation is 1. The highest BCUT2D eigenvalue weighted by Crippen LogP contribution is 2.43. The molecule has 1 unspecified atom stereocenters. The molecule has 1 aromatic heterocycles. The summed E-state index contributed by atoms with van der Waals surface area (Å²) >= 11 is 0. The van der Waals surface area contributed by atoms with Crippen molar-refractivity contribution in [1.82, 2.24) is 9.55 Å². The fraction of sp³-hybridized carbons (Fsp3) is 0.158. The molecule has 5 nitrogen and oxygen atoms in total. The number of imidazole rings is 1. The molecule has 1 heterocycles. The molecular formula is C38H34N2O3. The van der Waals surface area contributed by atoms with E-state index in [1.165, 1.54) is 0 Å². The standard InChI is InChI=1S/C38H34N2O3/c1-26(2)38(43,33-20-19-28-23-34(36(41)42)27(3)21-29(28)22-33)35-24-40(25-39-35)37(30-13-7-4-8-14-30,31-15-9-5-10-16-31)32-17-11-6-12-18-32/h4-26,43H,1-3H3,(H,41,42). The number of nitrogens with zero attached hydrogens (tertiary/aromatic N) is 2. The van der Waals surface area contributed by atoms with Crippen molar-refractivity contribution in [2.75, 3.05) is 0 Å². The van der Waals surface area contributed by atoms with Gasteiger partial charge < -0.3 is 14.8 Å². The Hall–Kier alpha value is -5.00. The van der Waals surface area contributed by atoms with Crippen LogP contribution in [0.1, 0.15) is 57.7 Å². The molecule has 0 aliphatic rings. The molecule has 0 saturated heterocycles. The van der Waals surface area contributed by atoms with E-state index in [4.69, 9.17) is 4.98 Å². The first-order chi connectivity index (χ1) is 20.8. The van der Waals surface area contributed by atoms with Gasteiger partial charge in [0.2, 0.25) is 0 Å². The summed E-state index contributed by atoms with van der Waals surface area (Å²) in [5.74, 6) is -1.17. The van der Waals surface area contributed by atoms with E-state index in [9.17, 15) is 15.0 Å². The van der Waals surface area contributed by atoms with Crippen LogP contribution < -0.4 is 0 Å². The van der Waals surface area contributed by atoms with Gasteiger partial charge in [0.05, 0.1) is 17.6 Å². The number of carboxylic acids is 1. The van der Waals surface area contributed by atoms with Gasteiger partial charge in [0.1, 0.15) is 11.1 Å². The molecule has 2 N–H and O–H groups in total. The molecule has 0 radical (unpaired) electrons. The Bertz CT molecular complexity index is 1800. The molecule has 43 heavy (non-hydrogen) atoms. The van der Waals surface area contributed by atoms with E-state index in [-0.39, 0.29) is 11.5 Å². The molecule has 5 aromatic carbocycles. The van der Waals surface area contributed by atoms with E-state index in [1.54, 1.807) is 13.0 Å². The SMILES string of the molecule is Cc1cc2cc(C(O)(c3cn(C(c4ccccc4)(c4ccccc4)c4ccccc4)cn3)C(C)C)ccc2cc1C(=O)O. The summed E-state index contributed by atoms with van der Waals surface area (Å²) in [7, 11) is 0. The van der Waals surface area contributed by atoms with Crippen LogP contribution in [-0.2, 0) is 11.1 Å². The predicted octanol–water partition coefficient (Wildman–Crippen LogP) is 7.78. The van der Waals surface area contributed by atoms with Gasteiger partial charge in [-0.15, -0.1) is 0 Å². The fourth-order valence-corrected chi connectivity index (χ4v) is 6.34. The van der Waals surface area contributed by atoms with E-state index < -0.39 is 17.1 Å². The maximum absolute atomic E-state index is 12.5. The van der Waals surface area contributed by atoms with Crippen LogP contribution in [0.4, 0.5) is 0 Å². The Morgan fingerprint density at radius 3 is 1.74 bits per heavy atom. The number of fused-ring (bicyclic) bond motifs is 1. The lowest BCUT2D eigenvalue weighted by Gasteiger charge is -2.37. The van der Waals surface area contributed by atoms with E-state index >= 15 is 0 Å². The van der Waals surface area contributed by atoms with E-state index in [2.05, 4.69) is 41.0 Å². The average Bonchev–Trinajstić information content (AvgIpc) is 3.53. The Morgan fingerprint density at radius 2 is 1.26 bits per heavy atom. The molecule has 0 saturated carbocycles. The molecule has 0 amide bonds. The summed E-state index contributed by atoms with van der Waals surface area (Å²) in [6.45, 7) is 5.77. The van der Waals surface area contributed by atoms with Crippen LogP contribution in [-0.4, -0.2) is 25.7 Å². The Balaban J connectivity index is 1.57. The molecule has 0 fully saturated rings. The van der Waals surface area contributed by atoms with Gasteiger partial charge in [-0.1, -0.05) is 123 Å². The Kier molecular flexibility index (Phi) is 7.20. The Morgan fingerprint density at radius 1 is 0.721 bits per heavy atom. The quantitative estimate of drug-likeness (QED) is 0.185. The third kappa shape index (κ3) is 4.62. The van der Waals surface area contributed by atoms with E-state index in [0.717, 1.165) is 27.5 Å². The van der Waals surface area contributed by atoms with Crippen LogP contribution in [0.15, 0.2) is 134 Å². The van der Waals surface area contributed by atoms with Crippen molar-refractivity contribution < 1.29 is 15.0 Å². The molecular weight excluding hydrogens is 532 g/mol. The maximum atomic E-state index is 12.5. The fourth-order valence-electron chi connectivity index (χ4n) is 6.34. The van der Waals surface area contributed by atoms with Gasteiger partial charge in [0, 0.05) is 6.20 Å². The first-order valence-electron chi connectivity index (χ1n) is 14.5. The van der Waals surface area contributed by atoms with Crippen molar-refractivity contribution in [2.45, 2.75) is 31.9 Å². The van der Waals surface area contributed by atoms with Crippen molar-refractivity contribution in [3.63, 3.8) is 0 Å². The van der Waals surface area contributed by atoms with E-state index in [0.29, 0.717) is 16.8 Å². The first kappa shape index (κ1) is 28.1. The number of aromatic nitrogens is 2. The maximum Gasteiger partial charge on any atom is 0.335 e. The lowest BCUT2D eigenvalue weighted by atomic mass is 9.76. The van der Waals surface area contributed by atoms with Crippen LogP contribution in [0.25, 0.3) is 10.8 Å². The second-order valence-electron chi connectivity index (χ2n) is 11.4. The highest BCUT2D eigenvalue weighted by Gasteiger charge is 2.42. The van der Waals surface area contributed by atoms with Gasteiger partial charge in [-0.05, 0) is 63.6 Å². The topological polar surface area (TPSA) is 75.3 Å². The zero-order valence-electron chi connectivity index (χ0n) is 24.5. The zero-order chi connectivity index (χ0) is 30.2. The molecule has 0 bridgehead atoms. The summed E-state index contributed by atoms with van der Waals surface area (Å²) in [5, 5.41) is 23.8. The second kappa shape index (κ2) is 11.0. The second-order valence-corrected chi connectivity index (χ2v) is 11.4. The van der Waals surface area contributed by atoms with Crippen molar-refractivity contribution in [1.29, 1.82) is 0 Å². The number of aromatic carboxylic acids is 1. The summed E-state index contributed by atoms with van der Waals surface area (Å²) in [5.41, 5.74) is 3.24. The van der Waals surface area contributed by atoms with Gasteiger partial charge in [0.25, 0.3) is 0 Å². The molecule has 6 rings (SSSR count). The van der Waals surface area contributed by atoms with Crippen LogP contribution in [0.2, 0.25) is 0 Å². The van der Waals surface area contributed by atoms with Gasteiger partial charge >= 0.3 is 5.97 Å². The first-order valence-corrected chi connectivity index (χ1v) is 14.5. The highest BCUT2D eigenvalue weighted by atomic mass is 16.4. The summed E-state index contributed by atoms with van der Waals surface area (Å²) in [4.78, 5) is 16.6. The lowest BCUT2D eigenvalue weighted by molar-refractivity contribution is 0.0279. The van der Waals surface area contributed by atoms with Gasteiger partial charge in [-0.3, -0.25) is 0 Å². The smallest absolute Gasteiger partial charge is 0.335 e. The monoisotopic (exact) mass is 566 g/mol. The number of hydrogen-bond donors (Lipinski definition) is 2. The zero-order valence-corrected chi connectivity index (χ0v) is 24.5. The van der Waals surface area contributed by atoms with Crippen LogP contribution >= 0.6 is 0 Å². The lowest BCUT2D eigenvalue weighted by Crippen LogP contribution is -2.37. The van der Waals surface area contributed by atoms with Gasteiger partial charge in [0.15, 0.2) is 0 Å². The Labute approximate surface area is 251 Å². The molecule has 5 heteroatoms. The molecule has 0 aliphatic carbocycles. The molecule has 214 valence electrons. The van der Waals surface area contributed by atoms with Crippen LogP contribution in [0, 0.1) is 12.8 Å². The predicted molar refractivity (Wildman–Crippen MR) is 170 cm³/mol. The average molecular weight is 567 g/mol. The summed E-state index contributed by atoms with van der Waals surface area (Å²) in [6.07, 6.45) is 3.79. The third-order valence-electron chi connectivity index (χ3n) is 8.62. The minimum atomic E-state index is -1.41. The summed E-state index contributed by atoms with van der Waals surface area (Å²) in [6, 6.07) is 40.4. The molecule has 1 atom stereocenters. The minimum absolute atomic E-state index is 0.215. The third-order valence-corrected chi connectivity index (χ3v) is 8.62.